The van der Waals surface area contributed by atoms with Crippen LogP contribution >= 0.6 is 23.2 Å². The zero-order valence-corrected chi connectivity index (χ0v) is 14.9. The van der Waals surface area contributed by atoms with Crippen molar-refractivity contribution in [1.29, 1.82) is 0 Å². The summed E-state index contributed by atoms with van der Waals surface area (Å²) in [5, 5.41) is 3.12. The van der Waals surface area contributed by atoms with E-state index in [2.05, 4.69) is 5.32 Å². The van der Waals surface area contributed by atoms with E-state index in [1.165, 1.54) is 19.1 Å². The predicted octanol–water partition coefficient (Wildman–Crippen LogP) is 4.64. The maximum absolute atomic E-state index is 12.8. The number of ether oxygens (including phenoxy) is 1. The molecular weight excluding hydrogens is 368 g/mol. The highest BCUT2D eigenvalue weighted by Crippen LogP contribution is 2.29. The van der Waals surface area contributed by atoms with Gasteiger partial charge >= 0.3 is 5.97 Å². The average molecular weight is 384 g/mol. The van der Waals surface area contributed by atoms with Crippen LogP contribution in [0.3, 0.4) is 0 Å². The normalized spacial score (nSPS) is 11.7. The fourth-order valence-corrected chi connectivity index (χ4v) is 2.54. The van der Waals surface area contributed by atoms with E-state index in [4.69, 9.17) is 27.9 Å². The molecule has 0 bridgehead atoms. The Bertz CT molecular complexity index is 745. The van der Waals surface area contributed by atoms with Gasteiger partial charge in [-0.2, -0.15) is 0 Å². The molecule has 0 saturated carbocycles. The van der Waals surface area contributed by atoms with Crippen LogP contribution in [0.1, 0.15) is 18.9 Å². The van der Waals surface area contributed by atoms with Crippen LogP contribution < -0.4 is 5.32 Å². The molecular formula is C18H16Cl2FNO3. The van der Waals surface area contributed by atoms with Crippen molar-refractivity contribution < 1.29 is 18.7 Å². The average Bonchev–Trinajstić information content (AvgIpc) is 2.57. The summed E-state index contributed by atoms with van der Waals surface area (Å²) in [6, 6.07) is 10.7. The molecule has 132 valence electrons. The van der Waals surface area contributed by atoms with Crippen molar-refractivity contribution in [2.75, 3.05) is 5.32 Å². The van der Waals surface area contributed by atoms with Crippen LogP contribution in [0.4, 0.5) is 10.1 Å². The fraction of sp³-hybridized carbons (Fsp3) is 0.222. The third-order valence-electron chi connectivity index (χ3n) is 3.42. The molecule has 1 atom stereocenters. The van der Waals surface area contributed by atoms with Gasteiger partial charge in [0.05, 0.1) is 15.7 Å². The molecule has 0 radical (unpaired) electrons. The summed E-state index contributed by atoms with van der Waals surface area (Å²) in [4.78, 5) is 24.0. The monoisotopic (exact) mass is 383 g/mol. The molecule has 4 nitrogen and oxygen atoms in total. The number of nitrogens with one attached hydrogen (secondary N) is 1. The first-order chi connectivity index (χ1) is 11.9. The molecule has 0 aromatic heterocycles. The summed E-state index contributed by atoms with van der Waals surface area (Å²) >= 11 is 12.0. The summed E-state index contributed by atoms with van der Waals surface area (Å²) in [6.45, 7) is 1.45. The fourth-order valence-electron chi connectivity index (χ4n) is 2.05. The summed E-state index contributed by atoms with van der Waals surface area (Å²) in [6.07, 6.45) is -0.534. The Morgan fingerprint density at radius 2 is 1.72 bits per heavy atom. The van der Waals surface area contributed by atoms with Crippen molar-refractivity contribution in [3.05, 3.63) is 63.9 Å². The smallest absolute Gasteiger partial charge is 0.306 e. The van der Waals surface area contributed by atoms with Crippen LogP contribution in [0.25, 0.3) is 0 Å². The van der Waals surface area contributed by atoms with E-state index in [-0.39, 0.29) is 28.0 Å². The van der Waals surface area contributed by atoms with Crippen molar-refractivity contribution in [2.24, 2.45) is 0 Å². The number of hydrogen-bond donors (Lipinski definition) is 1. The minimum Gasteiger partial charge on any atom is -0.453 e. The molecule has 0 saturated heterocycles. The number of rotatable bonds is 6. The number of aryl methyl sites for hydroxylation is 1. The van der Waals surface area contributed by atoms with Crippen molar-refractivity contribution >= 4 is 40.8 Å². The van der Waals surface area contributed by atoms with Crippen molar-refractivity contribution in [1.82, 2.24) is 0 Å². The topological polar surface area (TPSA) is 55.4 Å². The van der Waals surface area contributed by atoms with Crippen LogP contribution in [-0.2, 0) is 20.7 Å². The van der Waals surface area contributed by atoms with Gasteiger partial charge in [0.25, 0.3) is 5.91 Å². The van der Waals surface area contributed by atoms with Gasteiger partial charge in [-0.3, -0.25) is 9.59 Å². The molecule has 0 fully saturated rings. The third-order valence-corrected chi connectivity index (χ3v) is 4.05. The Morgan fingerprint density at radius 1 is 1.12 bits per heavy atom. The molecule has 0 heterocycles. The number of hydrogen-bond acceptors (Lipinski definition) is 3. The number of carbonyl (C=O) groups excluding carboxylic acids is 2. The third kappa shape index (κ3) is 5.73. The number of amides is 1. The summed E-state index contributed by atoms with van der Waals surface area (Å²) in [5.41, 5.74) is 1.07. The van der Waals surface area contributed by atoms with Crippen molar-refractivity contribution in [3.63, 3.8) is 0 Å². The van der Waals surface area contributed by atoms with Gasteiger partial charge in [0, 0.05) is 6.42 Å². The molecule has 0 aliphatic carbocycles. The standard InChI is InChI=1S/C18H16Cl2FNO3/c1-11(18(24)22-17-14(19)3-2-4-15(17)20)25-16(23)10-7-12-5-8-13(21)9-6-12/h2-6,8-9,11H,7,10H2,1H3,(H,22,24)/t11-/m1/s1. The molecule has 2 aromatic rings. The largest absolute Gasteiger partial charge is 0.453 e. The van der Waals surface area contributed by atoms with Gasteiger partial charge in [-0.05, 0) is 43.2 Å². The van der Waals surface area contributed by atoms with Gasteiger partial charge in [-0.25, -0.2) is 4.39 Å². The maximum Gasteiger partial charge on any atom is 0.306 e. The van der Waals surface area contributed by atoms with Gasteiger partial charge in [0.1, 0.15) is 5.82 Å². The first kappa shape index (κ1) is 19.2. The predicted molar refractivity (Wildman–Crippen MR) is 95.4 cm³/mol. The second-order valence-electron chi connectivity index (χ2n) is 5.34. The van der Waals surface area contributed by atoms with Gasteiger partial charge in [-0.15, -0.1) is 0 Å². The van der Waals surface area contributed by atoms with Crippen LogP contribution in [0.2, 0.25) is 10.0 Å². The Balaban J connectivity index is 1.85. The summed E-state index contributed by atoms with van der Waals surface area (Å²) in [7, 11) is 0. The van der Waals surface area contributed by atoms with Gasteiger partial charge in [0.15, 0.2) is 6.10 Å². The number of carbonyl (C=O) groups is 2. The lowest BCUT2D eigenvalue weighted by Gasteiger charge is -2.15. The van der Waals surface area contributed by atoms with Crippen LogP contribution in [0, 0.1) is 5.82 Å². The number of benzene rings is 2. The second-order valence-corrected chi connectivity index (χ2v) is 6.16. The molecule has 0 aliphatic heterocycles. The van der Waals surface area contributed by atoms with Gasteiger partial charge < -0.3 is 10.1 Å². The minimum atomic E-state index is -1.01. The van der Waals surface area contributed by atoms with E-state index in [0.717, 1.165) is 5.56 Å². The molecule has 1 amide bonds. The van der Waals surface area contributed by atoms with Gasteiger partial charge in [0.2, 0.25) is 0 Å². The SMILES string of the molecule is C[C@@H](OC(=O)CCc1ccc(F)cc1)C(=O)Nc1c(Cl)cccc1Cl. The van der Waals surface area contributed by atoms with Crippen LogP contribution in [-0.4, -0.2) is 18.0 Å². The van der Waals surface area contributed by atoms with E-state index in [1.807, 2.05) is 0 Å². The number of para-hydroxylation sites is 1. The second kappa shape index (κ2) is 8.83. The molecule has 1 N–H and O–H groups in total. The quantitative estimate of drug-likeness (QED) is 0.739. The Morgan fingerprint density at radius 3 is 2.32 bits per heavy atom. The lowest BCUT2D eigenvalue weighted by molar-refractivity contribution is -0.153. The first-order valence-electron chi connectivity index (χ1n) is 7.55. The Labute approximate surface area is 154 Å². The van der Waals surface area contributed by atoms with Crippen molar-refractivity contribution in [2.45, 2.75) is 25.9 Å². The number of halogens is 3. The highest BCUT2D eigenvalue weighted by Gasteiger charge is 2.19. The highest BCUT2D eigenvalue weighted by atomic mass is 35.5. The molecule has 25 heavy (non-hydrogen) atoms. The number of anilines is 1. The van der Waals surface area contributed by atoms with Gasteiger partial charge in [-0.1, -0.05) is 41.4 Å². The van der Waals surface area contributed by atoms with Crippen LogP contribution in [0.15, 0.2) is 42.5 Å². The van der Waals surface area contributed by atoms with E-state index in [1.54, 1.807) is 30.3 Å². The molecule has 0 spiro atoms. The lowest BCUT2D eigenvalue weighted by Crippen LogP contribution is -2.30. The molecule has 7 heteroatoms. The van der Waals surface area contributed by atoms with E-state index >= 15 is 0 Å². The molecule has 0 aliphatic rings. The first-order valence-corrected chi connectivity index (χ1v) is 8.31. The van der Waals surface area contributed by atoms with E-state index < -0.39 is 18.0 Å². The van der Waals surface area contributed by atoms with E-state index in [0.29, 0.717) is 6.42 Å². The highest BCUT2D eigenvalue weighted by molar-refractivity contribution is 6.39. The van der Waals surface area contributed by atoms with E-state index in [9.17, 15) is 14.0 Å². The zero-order valence-electron chi connectivity index (χ0n) is 13.4. The molecule has 2 rings (SSSR count). The zero-order chi connectivity index (χ0) is 18.4. The van der Waals surface area contributed by atoms with Crippen molar-refractivity contribution in [3.8, 4) is 0 Å². The summed E-state index contributed by atoms with van der Waals surface area (Å²) < 4.78 is 17.9. The molecule has 2 aromatic carbocycles. The Kier molecular flexibility index (Phi) is 6.79. The van der Waals surface area contributed by atoms with Crippen LogP contribution in [0.5, 0.6) is 0 Å². The number of esters is 1. The summed E-state index contributed by atoms with van der Waals surface area (Å²) in [5.74, 6) is -1.41. The lowest BCUT2D eigenvalue weighted by atomic mass is 10.1. The molecule has 0 unspecified atom stereocenters. The minimum absolute atomic E-state index is 0.0795. The Hall–Kier alpha value is -2.11. The maximum atomic E-state index is 12.8.